The van der Waals surface area contributed by atoms with Gasteiger partial charge in [0.05, 0.1) is 55.9 Å². The van der Waals surface area contributed by atoms with Gasteiger partial charge in [-0.3, -0.25) is 9.59 Å². The maximum absolute atomic E-state index is 14.2. The monoisotopic (exact) mass is 1230 g/mol. The zero-order chi connectivity index (χ0) is 62.3. The maximum Gasteiger partial charge on any atom is 0.187 e. The molecule has 28 heteroatoms. The molecule has 5 aliphatic heterocycles. The van der Waals surface area contributed by atoms with Gasteiger partial charge in [0.1, 0.15) is 115 Å². The fourth-order valence-corrected chi connectivity index (χ4v) is 16.1. The first-order chi connectivity index (χ1) is 39.9. The first-order valence-electron chi connectivity index (χ1n) is 30.3. The number of rotatable bonds is 18. The fraction of sp³-hybridized carbons (Fsp3) is 0.965. The molecule has 0 aromatic heterocycles. The largest absolute Gasteiger partial charge is 0.394 e. The van der Waals surface area contributed by atoms with Crippen molar-refractivity contribution in [1.29, 1.82) is 0 Å². The molecule has 9 fully saturated rings. The molecule has 16 N–H and O–H groups in total. The number of aliphatic hydroxyl groups is 16. The summed E-state index contributed by atoms with van der Waals surface area (Å²) in [6.45, 7) is 10.4. The number of aliphatic hydroxyl groups excluding tert-OH is 15. The normalized spacial score (nSPS) is 53.7. The van der Waals surface area contributed by atoms with Crippen LogP contribution in [0.2, 0.25) is 0 Å². The van der Waals surface area contributed by atoms with Gasteiger partial charge in [-0.1, -0.05) is 27.7 Å². The lowest BCUT2D eigenvalue weighted by atomic mass is 9.42. The van der Waals surface area contributed by atoms with E-state index in [-0.39, 0.29) is 73.9 Å². The predicted molar refractivity (Wildman–Crippen MR) is 283 cm³/mol. The Hall–Kier alpha value is -1.70. The van der Waals surface area contributed by atoms with E-state index in [2.05, 4.69) is 6.92 Å². The van der Waals surface area contributed by atoms with E-state index >= 15 is 0 Å². The van der Waals surface area contributed by atoms with Gasteiger partial charge in [0, 0.05) is 36.5 Å². The molecule has 0 amide bonds. The highest BCUT2D eigenvalue weighted by Crippen LogP contribution is 2.69. The summed E-state index contributed by atoms with van der Waals surface area (Å²) in [5.74, 6) is -2.16. The molecule has 36 atom stereocenters. The van der Waals surface area contributed by atoms with E-state index in [1.165, 1.54) is 20.8 Å². The molecule has 490 valence electrons. The molecule has 0 unspecified atom stereocenters. The molecular weight excluding hydrogens is 1130 g/mol. The first kappa shape index (κ1) is 67.7. The standard InChI is InChI=1S/C57H94O28/c1-20(19-76-50-42(70)40(68)37(65)31(17-58)81-50)8-9-29(60)21(2)34-30(61)15-28-26-14-33(62)57(75)16-25(10-13-56(57,7)27(26)11-12-55(28,34)6)80-54-49(85-52-44(72)39(67)36(64)23(4)78-52)46(74)48(32(18-59)82-54)84-53-45(73)41(69)47(24(5)79-53)83-51-43(71)38(66)35(63)22(3)77-51/h20-28,31-54,58-59,62-75H,8-19H2,1-7H3/t20-,21-,22+,23+,24+,25+,26-,27+,28+,31-,32-,33-,34+,35+,36+,37-,38-,39-,40+,41+,42-,43-,44-,45-,46+,47+,48-,49-,50-,51+,52+,53+,54-,55+,56-,57+/m1/s1. The quantitative estimate of drug-likeness (QED) is 0.0572. The molecule has 4 saturated carbocycles. The zero-order valence-corrected chi connectivity index (χ0v) is 49.1. The van der Waals surface area contributed by atoms with E-state index in [1.54, 1.807) is 6.92 Å². The lowest BCUT2D eigenvalue weighted by molar-refractivity contribution is -0.396. The summed E-state index contributed by atoms with van der Waals surface area (Å²) in [5, 5.41) is 175. The van der Waals surface area contributed by atoms with Crippen molar-refractivity contribution in [2.75, 3.05) is 19.8 Å². The zero-order valence-electron chi connectivity index (χ0n) is 49.1. The van der Waals surface area contributed by atoms with Crippen LogP contribution in [0.3, 0.4) is 0 Å². The van der Waals surface area contributed by atoms with Crippen molar-refractivity contribution in [3.05, 3.63) is 0 Å². The summed E-state index contributed by atoms with van der Waals surface area (Å²) in [6, 6.07) is 0. The van der Waals surface area contributed by atoms with Crippen LogP contribution < -0.4 is 0 Å². The molecule has 5 heterocycles. The summed E-state index contributed by atoms with van der Waals surface area (Å²) in [7, 11) is 0. The van der Waals surface area contributed by atoms with Crippen molar-refractivity contribution < 1.29 is 139 Å². The van der Waals surface area contributed by atoms with E-state index in [0.717, 1.165) is 0 Å². The number of ketones is 2. The van der Waals surface area contributed by atoms with Crippen molar-refractivity contribution in [3.63, 3.8) is 0 Å². The van der Waals surface area contributed by atoms with Gasteiger partial charge < -0.3 is 129 Å². The van der Waals surface area contributed by atoms with Crippen molar-refractivity contribution in [2.24, 2.45) is 46.3 Å². The minimum absolute atomic E-state index is 0.0309. The van der Waals surface area contributed by atoms with Gasteiger partial charge in [-0.2, -0.15) is 0 Å². The number of Topliss-reactive ketones (excluding diaryl/α,β-unsaturated/α-hetero) is 2. The molecule has 5 saturated heterocycles. The highest BCUT2D eigenvalue weighted by Gasteiger charge is 2.70. The summed E-state index contributed by atoms with van der Waals surface area (Å²) in [6.07, 6.45) is -39.1. The molecule has 9 aliphatic rings. The minimum Gasteiger partial charge on any atom is -0.394 e. The highest BCUT2D eigenvalue weighted by atomic mass is 16.8. The van der Waals surface area contributed by atoms with Gasteiger partial charge in [0.25, 0.3) is 0 Å². The maximum atomic E-state index is 14.2. The van der Waals surface area contributed by atoms with Crippen LogP contribution >= 0.6 is 0 Å². The van der Waals surface area contributed by atoms with Crippen LogP contribution in [0.5, 0.6) is 0 Å². The predicted octanol–water partition coefficient (Wildman–Crippen LogP) is -4.91. The Balaban J connectivity index is 0.858. The molecule has 9 rings (SSSR count). The highest BCUT2D eigenvalue weighted by molar-refractivity contribution is 5.92. The average Bonchev–Trinajstić information content (AvgIpc) is 1.70. The SMILES string of the molecule is C[C@H](CCC(=O)[C@@H](C)[C@H]1C(=O)C[C@H]2[C@@H]3C[C@@H](O)[C@@]4(O)C[C@@H](O[C@@H]5O[C@H](CO)[C@@H](O[C@@H]6O[C@@H](C)[C@H](O[C@@H]7O[C@@H](C)[C@H](O)[C@@H](O)[C@H]7O)[C@@H](O)[C@H]6O)[C@H](O)[C@H]5O[C@@H]5O[C@@H](C)[C@H](O)[C@@H](O)[C@H]5O)CC[C@]4(C)[C@H]3CC[C@]12C)CO[C@@H]1O[C@H](CO)[C@@H](O)[C@H](O)[C@H]1O. The molecular formula is C57H94O28. The van der Waals surface area contributed by atoms with Crippen molar-refractivity contribution in [1.82, 2.24) is 0 Å². The second kappa shape index (κ2) is 26.5. The summed E-state index contributed by atoms with van der Waals surface area (Å²) in [5.41, 5.74) is -3.30. The van der Waals surface area contributed by atoms with Crippen LogP contribution in [-0.2, 0) is 57.0 Å². The molecule has 85 heavy (non-hydrogen) atoms. The Morgan fingerprint density at radius 2 is 1.11 bits per heavy atom. The van der Waals surface area contributed by atoms with Gasteiger partial charge in [-0.05, 0) is 88.4 Å². The molecule has 0 bridgehead atoms. The number of hydrogen-bond donors (Lipinski definition) is 16. The van der Waals surface area contributed by atoms with Crippen LogP contribution in [0.25, 0.3) is 0 Å². The lowest BCUT2D eigenvalue weighted by Gasteiger charge is -2.65. The number of hydrogen-bond acceptors (Lipinski definition) is 28. The number of carbonyl (C=O) groups is 2. The second-order valence-corrected chi connectivity index (χ2v) is 26.7. The van der Waals surface area contributed by atoms with Crippen LogP contribution in [-0.4, -0.2) is 284 Å². The van der Waals surface area contributed by atoms with Crippen LogP contribution in [0.15, 0.2) is 0 Å². The first-order valence-corrected chi connectivity index (χ1v) is 30.3. The van der Waals surface area contributed by atoms with E-state index in [4.69, 9.17) is 47.4 Å². The fourth-order valence-electron chi connectivity index (χ4n) is 16.1. The van der Waals surface area contributed by atoms with Gasteiger partial charge >= 0.3 is 0 Å². The third kappa shape index (κ3) is 12.5. The molecule has 0 spiro atoms. The topological polar surface area (TPSA) is 450 Å². The van der Waals surface area contributed by atoms with Gasteiger partial charge in [0.15, 0.2) is 31.5 Å². The average molecular weight is 1230 g/mol. The van der Waals surface area contributed by atoms with E-state index < -0.39 is 207 Å². The Morgan fingerprint density at radius 3 is 1.71 bits per heavy atom. The van der Waals surface area contributed by atoms with Crippen molar-refractivity contribution in [3.8, 4) is 0 Å². The third-order valence-corrected chi connectivity index (χ3v) is 21.4. The minimum atomic E-state index is -1.95. The van der Waals surface area contributed by atoms with Crippen LogP contribution in [0.1, 0.15) is 106 Å². The van der Waals surface area contributed by atoms with Gasteiger partial charge in [-0.25, -0.2) is 0 Å². The van der Waals surface area contributed by atoms with E-state index in [1.807, 2.05) is 13.8 Å². The Labute approximate surface area is 492 Å². The van der Waals surface area contributed by atoms with Gasteiger partial charge in [-0.15, -0.1) is 0 Å². The summed E-state index contributed by atoms with van der Waals surface area (Å²) in [4.78, 5) is 28.2. The molecule has 28 nitrogen and oxygen atoms in total. The Morgan fingerprint density at radius 1 is 0.576 bits per heavy atom. The van der Waals surface area contributed by atoms with Crippen LogP contribution in [0.4, 0.5) is 0 Å². The Bertz CT molecular complexity index is 2250. The van der Waals surface area contributed by atoms with Crippen molar-refractivity contribution in [2.45, 2.75) is 278 Å². The molecule has 0 aromatic rings. The molecule has 0 aromatic carbocycles. The summed E-state index contributed by atoms with van der Waals surface area (Å²) >= 11 is 0. The number of ether oxygens (including phenoxy) is 10. The molecule has 4 aliphatic carbocycles. The number of fused-ring (bicyclic) bond motifs is 5. The van der Waals surface area contributed by atoms with Crippen LogP contribution in [0, 0.1) is 46.3 Å². The van der Waals surface area contributed by atoms with E-state index in [0.29, 0.717) is 25.7 Å². The lowest BCUT2D eigenvalue weighted by Crippen LogP contribution is -2.69. The van der Waals surface area contributed by atoms with E-state index in [9.17, 15) is 91.3 Å². The Kier molecular flexibility index (Phi) is 21.1. The second-order valence-electron chi connectivity index (χ2n) is 26.7. The van der Waals surface area contributed by atoms with Gasteiger partial charge in [0.2, 0.25) is 0 Å². The summed E-state index contributed by atoms with van der Waals surface area (Å²) < 4.78 is 59.3. The smallest absolute Gasteiger partial charge is 0.187 e. The van der Waals surface area contributed by atoms with Crippen molar-refractivity contribution >= 4 is 11.6 Å². The molecule has 0 radical (unpaired) electrons. The third-order valence-electron chi connectivity index (χ3n) is 21.4. The number of carbonyl (C=O) groups excluding carboxylic acids is 2.